The van der Waals surface area contributed by atoms with Crippen molar-refractivity contribution in [1.29, 1.82) is 0 Å². The molecule has 170 valence electrons. The third-order valence-electron chi connectivity index (χ3n) is 5.46. The number of likely N-dealkylation sites (N-methyl/N-ethyl adjacent to an activating group) is 1. The summed E-state index contributed by atoms with van der Waals surface area (Å²) in [4.78, 5) is 31.7. The molecule has 0 saturated carbocycles. The Balaban J connectivity index is 0.000000360. The normalized spacial score (nSPS) is 15.4. The first kappa shape index (κ1) is 23.3. The summed E-state index contributed by atoms with van der Waals surface area (Å²) < 4.78 is 31.7. The highest BCUT2D eigenvalue weighted by molar-refractivity contribution is 5.90. The molecular formula is C23H24F3N3O3. The zero-order valence-corrected chi connectivity index (χ0v) is 17.5. The number of aromatic amines is 1. The summed E-state index contributed by atoms with van der Waals surface area (Å²) in [6, 6.07) is 14.3. The predicted octanol–water partition coefficient (Wildman–Crippen LogP) is 4.32. The van der Waals surface area contributed by atoms with Crippen LogP contribution in [0.3, 0.4) is 0 Å². The highest BCUT2D eigenvalue weighted by Crippen LogP contribution is 2.36. The van der Waals surface area contributed by atoms with Crippen LogP contribution in [0.15, 0.2) is 48.7 Å². The molecule has 2 aromatic heterocycles. The number of nitrogens with zero attached hydrogens (tertiary/aromatic N) is 2. The van der Waals surface area contributed by atoms with E-state index >= 15 is 0 Å². The maximum absolute atomic E-state index is 13.0. The van der Waals surface area contributed by atoms with Crippen LogP contribution in [0.4, 0.5) is 13.2 Å². The maximum Gasteiger partial charge on any atom is 0.490 e. The van der Waals surface area contributed by atoms with Gasteiger partial charge in [0.15, 0.2) is 0 Å². The first-order valence-corrected chi connectivity index (χ1v) is 10.2. The van der Waals surface area contributed by atoms with Crippen LogP contribution in [0.2, 0.25) is 0 Å². The Bertz CT molecular complexity index is 1080. The van der Waals surface area contributed by atoms with Gasteiger partial charge < -0.3 is 15.0 Å². The Morgan fingerprint density at radius 2 is 1.88 bits per heavy atom. The van der Waals surface area contributed by atoms with Crippen LogP contribution in [-0.4, -0.2) is 51.6 Å². The van der Waals surface area contributed by atoms with Gasteiger partial charge in [-0.3, -0.25) is 9.78 Å². The molecule has 1 unspecified atom stereocenters. The standard InChI is InChI=1S/C21H23N3O.C2HF3O2/c1-24(14-12-15-7-4-5-13-22-15)21(25)18-10-6-9-17-16-8-2-3-11-19(16)23-20(17)18;3-2(4,5)1(6)7/h2-5,7-8,11,13,18,23H,6,9-10,12,14H2,1H3;(H,6,7). The van der Waals surface area contributed by atoms with Crippen molar-refractivity contribution < 1.29 is 27.9 Å². The molecule has 1 aliphatic carbocycles. The van der Waals surface area contributed by atoms with E-state index < -0.39 is 12.1 Å². The number of carbonyl (C=O) groups is 2. The molecule has 0 spiro atoms. The quantitative estimate of drug-likeness (QED) is 0.624. The van der Waals surface area contributed by atoms with E-state index in [9.17, 15) is 18.0 Å². The molecule has 32 heavy (non-hydrogen) atoms. The predicted molar refractivity (Wildman–Crippen MR) is 113 cm³/mol. The zero-order chi connectivity index (χ0) is 23.3. The number of halogens is 3. The van der Waals surface area contributed by atoms with E-state index in [0.717, 1.165) is 42.6 Å². The van der Waals surface area contributed by atoms with E-state index in [1.807, 2.05) is 36.2 Å². The van der Waals surface area contributed by atoms with Gasteiger partial charge in [-0.1, -0.05) is 24.3 Å². The van der Waals surface area contributed by atoms with Crippen molar-refractivity contribution >= 4 is 22.8 Å². The topological polar surface area (TPSA) is 86.3 Å². The SMILES string of the molecule is CN(CCc1ccccn1)C(=O)C1CCCc2c1[nH]c1ccccc21.O=C(O)C(F)(F)F. The number of aryl methyl sites for hydroxylation is 1. The first-order chi connectivity index (χ1) is 15.2. The molecule has 1 atom stereocenters. The lowest BCUT2D eigenvalue weighted by Crippen LogP contribution is -2.35. The van der Waals surface area contributed by atoms with Crippen molar-refractivity contribution in [2.45, 2.75) is 37.8 Å². The van der Waals surface area contributed by atoms with Crippen LogP contribution in [0, 0.1) is 0 Å². The molecule has 0 radical (unpaired) electrons. The third kappa shape index (κ3) is 5.46. The van der Waals surface area contributed by atoms with Gasteiger partial charge in [-0.2, -0.15) is 13.2 Å². The number of carbonyl (C=O) groups excluding carboxylic acids is 1. The maximum atomic E-state index is 13.0. The number of para-hydroxylation sites is 1. The number of carboxylic acid groups (broad SMARTS) is 1. The fourth-order valence-corrected chi connectivity index (χ4v) is 3.87. The van der Waals surface area contributed by atoms with E-state index in [1.165, 1.54) is 10.9 Å². The van der Waals surface area contributed by atoms with E-state index in [0.29, 0.717) is 6.54 Å². The number of aromatic nitrogens is 2. The summed E-state index contributed by atoms with van der Waals surface area (Å²) in [7, 11) is 1.90. The number of benzene rings is 1. The number of carboxylic acids is 1. The van der Waals surface area contributed by atoms with E-state index in [2.05, 4.69) is 28.2 Å². The minimum atomic E-state index is -5.08. The van der Waals surface area contributed by atoms with Crippen molar-refractivity contribution in [3.63, 3.8) is 0 Å². The minimum Gasteiger partial charge on any atom is -0.475 e. The molecule has 1 amide bonds. The molecule has 0 aliphatic heterocycles. The van der Waals surface area contributed by atoms with Gasteiger partial charge in [0.1, 0.15) is 0 Å². The molecule has 1 aliphatic rings. The lowest BCUT2D eigenvalue weighted by Gasteiger charge is -2.27. The Kier molecular flexibility index (Phi) is 7.17. The highest BCUT2D eigenvalue weighted by Gasteiger charge is 2.38. The Hall–Kier alpha value is -3.36. The molecule has 1 aromatic carbocycles. The van der Waals surface area contributed by atoms with E-state index in [1.54, 1.807) is 6.20 Å². The second kappa shape index (κ2) is 9.84. The smallest absolute Gasteiger partial charge is 0.475 e. The summed E-state index contributed by atoms with van der Waals surface area (Å²) in [5.41, 5.74) is 4.63. The molecule has 0 bridgehead atoms. The highest BCUT2D eigenvalue weighted by atomic mass is 19.4. The number of H-pyrrole nitrogens is 1. The van der Waals surface area contributed by atoms with Gasteiger partial charge in [0.25, 0.3) is 0 Å². The number of fused-ring (bicyclic) bond motifs is 3. The van der Waals surface area contributed by atoms with E-state index in [-0.39, 0.29) is 11.8 Å². The van der Waals surface area contributed by atoms with Crippen LogP contribution in [-0.2, 0) is 22.4 Å². The molecule has 2 heterocycles. The number of pyridine rings is 1. The zero-order valence-electron chi connectivity index (χ0n) is 17.5. The number of hydrogen-bond donors (Lipinski definition) is 2. The van der Waals surface area contributed by atoms with Gasteiger partial charge in [-0.15, -0.1) is 0 Å². The van der Waals surface area contributed by atoms with Crippen molar-refractivity contribution in [1.82, 2.24) is 14.9 Å². The third-order valence-corrected chi connectivity index (χ3v) is 5.46. The Labute approximate surface area is 183 Å². The summed E-state index contributed by atoms with van der Waals surface area (Å²) in [6.45, 7) is 0.696. The monoisotopic (exact) mass is 447 g/mol. The lowest BCUT2D eigenvalue weighted by atomic mass is 9.86. The molecule has 9 heteroatoms. The van der Waals surface area contributed by atoms with Crippen LogP contribution in [0.5, 0.6) is 0 Å². The average Bonchev–Trinajstić information content (AvgIpc) is 3.16. The first-order valence-electron chi connectivity index (χ1n) is 10.2. The van der Waals surface area contributed by atoms with Crippen molar-refractivity contribution in [2.24, 2.45) is 0 Å². The molecule has 0 saturated heterocycles. The van der Waals surface area contributed by atoms with Crippen molar-refractivity contribution in [2.75, 3.05) is 13.6 Å². The summed E-state index contributed by atoms with van der Waals surface area (Å²) in [6.07, 6.45) is 0.553. The van der Waals surface area contributed by atoms with Crippen LogP contribution in [0.1, 0.15) is 35.7 Å². The van der Waals surface area contributed by atoms with Gasteiger partial charge in [0.2, 0.25) is 5.91 Å². The van der Waals surface area contributed by atoms with Gasteiger partial charge in [0.05, 0.1) is 5.92 Å². The van der Waals surface area contributed by atoms with Gasteiger partial charge in [-0.05, 0) is 43.0 Å². The average molecular weight is 447 g/mol. The number of aliphatic carboxylic acids is 1. The molecule has 3 aromatic rings. The second-order valence-corrected chi connectivity index (χ2v) is 7.64. The van der Waals surface area contributed by atoms with Gasteiger partial charge in [-0.25, -0.2) is 4.79 Å². The second-order valence-electron chi connectivity index (χ2n) is 7.64. The van der Waals surface area contributed by atoms with Crippen LogP contribution in [0.25, 0.3) is 10.9 Å². The number of hydrogen-bond acceptors (Lipinski definition) is 3. The Morgan fingerprint density at radius 3 is 2.53 bits per heavy atom. The number of rotatable bonds is 4. The van der Waals surface area contributed by atoms with Crippen LogP contribution < -0.4 is 0 Å². The fourth-order valence-electron chi connectivity index (χ4n) is 3.87. The van der Waals surface area contributed by atoms with Crippen LogP contribution >= 0.6 is 0 Å². The van der Waals surface area contributed by atoms with Crippen molar-refractivity contribution in [3.8, 4) is 0 Å². The van der Waals surface area contributed by atoms with E-state index in [4.69, 9.17) is 9.90 Å². The lowest BCUT2D eigenvalue weighted by molar-refractivity contribution is -0.192. The number of amides is 1. The molecule has 4 rings (SSSR count). The van der Waals surface area contributed by atoms with Gasteiger partial charge >= 0.3 is 12.1 Å². The van der Waals surface area contributed by atoms with Crippen molar-refractivity contribution in [3.05, 3.63) is 65.6 Å². The fraction of sp³-hybridized carbons (Fsp3) is 0.348. The summed E-state index contributed by atoms with van der Waals surface area (Å²) in [5, 5.41) is 8.39. The van der Waals surface area contributed by atoms with Gasteiger partial charge in [0, 0.05) is 48.5 Å². The minimum absolute atomic E-state index is 0.0510. The number of nitrogens with one attached hydrogen (secondary N) is 1. The molecular weight excluding hydrogens is 423 g/mol. The molecule has 2 N–H and O–H groups in total. The number of alkyl halides is 3. The summed E-state index contributed by atoms with van der Waals surface area (Å²) >= 11 is 0. The molecule has 0 fully saturated rings. The largest absolute Gasteiger partial charge is 0.490 e. The summed E-state index contributed by atoms with van der Waals surface area (Å²) in [5.74, 6) is -2.60. The Morgan fingerprint density at radius 1 is 1.19 bits per heavy atom. The molecule has 6 nitrogen and oxygen atoms in total.